The van der Waals surface area contributed by atoms with Gasteiger partial charge >= 0.3 is 0 Å². The molecule has 0 atom stereocenters. The molecule has 2 aromatic carbocycles. The summed E-state index contributed by atoms with van der Waals surface area (Å²) in [5.41, 5.74) is 2.91. The third-order valence-corrected chi connectivity index (χ3v) is 3.65. The average Bonchev–Trinajstić information content (AvgIpc) is 2.65. The van der Waals surface area contributed by atoms with Crippen LogP contribution >= 0.6 is 0 Å². The number of rotatable bonds is 8. The highest BCUT2D eigenvalue weighted by atomic mass is 16.5. The molecule has 0 spiro atoms. The van der Waals surface area contributed by atoms with Crippen molar-refractivity contribution in [2.75, 3.05) is 21.3 Å². The predicted octanol–water partition coefficient (Wildman–Crippen LogP) is 3.18. The minimum atomic E-state index is -0.175. The lowest BCUT2D eigenvalue weighted by Crippen LogP contribution is -2.20. The highest BCUT2D eigenvalue weighted by molar-refractivity contribution is 5.92. The number of hydrogen-bond donors (Lipinski definition) is 1. The first-order valence-corrected chi connectivity index (χ1v) is 7.91. The highest BCUT2D eigenvalue weighted by Gasteiger charge is 2.03. The van der Waals surface area contributed by atoms with Gasteiger partial charge in [0, 0.05) is 25.3 Å². The largest absolute Gasteiger partial charge is 0.497 e. The lowest BCUT2D eigenvalue weighted by molar-refractivity contribution is -0.116. The summed E-state index contributed by atoms with van der Waals surface area (Å²) in [6.07, 6.45) is 3.19. The van der Waals surface area contributed by atoms with Gasteiger partial charge in [-0.1, -0.05) is 24.3 Å². The fraction of sp³-hybridized carbons (Fsp3) is 0.250. The van der Waals surface area contributed by atoms with Crippen LogP contribution in [0.1, 0.15) is 16.7 Å². The molecule has 0 radical (unpaired) electrons. The predicted molar refractivity (Wildman–Crippen MR) is 97.6 cm³/mol. The molecule has 5 nitrogen and oxygen atoms in total. The molecule has 0 unspecified atom stereocenters. The first kappa shape index (κ1) is 18.5. The van der Waals surface area contributed by atoms with Gasteiger partial charge in [0.1, 0.15) is 11.5 Å². The molecule has 0 fully saturated rings. The van der Waals surface area contributed by atoms with E-state index in [1.54, 1.807) is 33.5 Å². The molecule has 2 rings (SSSR count). The molecule has 0 bridgehead atoms. The zero-order valence-corrected chi connectivity index (χ0v) is 14.7. The molecule has 0 aromatic heterocycles. The van der Waals surface area contributed by atoms with Gasteiger partial charge in [0.05, 0.1) is 20.8 Å². The third kappa shape index (κ3) is 5.65. The molecule has 1 amide bonds. The van der Waals surface area contributed by atoms with Crippen LogP contribution in [0.3, 0.4) is 0 Å². The second-order valence-corrected chi connectivity index (χ2v) is 5.41. The maximum atomic E-state index is 12.0. The molecule has 2 aromatic rings. The van der Waals surface area contributed by atoms with E-state index in [0.29, 0.717) is 24.7 Å². The zero-order chi connectivity index (χ0) is 18.1. The van der Waals surface area contributed by atoms with Gasteiger partial charge in [-0.3, -0.25) is 4.79 Å². The van der Waals surface area contributed by atoms with Crippen LogP contribution in [0.15, 0.2) is 48.5 Å². The van der Waals surface area contributed by atoms with Crippen molar-refractivity contribution in [2.24, 2.45) is 0 Å². The molecular weight excluding hydrogens is 318 g/mol. The number of carbonyl (C=O) groups excluding carboxylic acids is 1. The fourth-order valence-electron chi connectivity index (χ4n) is 2.30. The van der Waals surface area contributed by atoms with Crippen LogP contribution in [0.2, 0.25) is 0 Å². The smallest absolute Gasteiger partial charge is 0.244 e. The monoisotopic (exact) mass is 341 g/mol. The third-order valence-electron chi connectivity index (χ3n) is 3.65. The summed E-state index contributed by atoms with van der Waals surface area (Å²) in [4.78, 5) is 12.0. The van der Waals surface area contributed by atoms with Crippen molar-refractivity contribution in [3.05, 3.63) is 65.2 Å². The number of benzene rings is 2. The highest BCUT2D eigenvalue weighted by Crippen LogP contribution is 2.24. The Kier molecular flexibility index (Phi) is 7.04. The second-order valence-electron chi connectivity index (χ2n) is 5.41. The number of ether oxygens (including phenoxy) is 3. The van der Waals surface area contributed by atoms with Gasteiger partial charge in [-0.2, -0.15) is 0 Å². The first-order chi connectivity index (χ1) is 12.2. The van der Waals surface area contributed by atoms with E-state index < -0.39 is 0 Å². The van der Waals surface area contributed by atoms with Crippen LogP contribution in [0.4, 0.5) is 0 Å². The van der Waals surface area contributed by atoms with E-state index in [1.807, 2.05) is 36.4 Å². The second kappa shape index (κ2) is 9.49. The number of amides is 1. The lowest BCUT2D eigenvalue weighted by Gasteiger charge is -2.07. The Bertz CT molecular complexity index is 723. The van der Waals surface area contributed by atoms with E-state index in [0.717, 1.165) is 16.7 Å². The van der Waals surface area contributed by atoms with Gasteiger partial charge in [-0.15, -0.1) is 0 Å². The number of methoxy groups -OCH3 is 3. The Morgan fingerprint density at radius 2 is 1.72 bits per heavy atom. The minimum absolute atomic E-state index is 0.175. The normalized spacial score (nSPS) is 10.7. The standard InChI is InChI=1S/C20H23NO4/c1-23-14-16-6-4-15(5-7-16)13-21-20(22)11-8-17-12-18(24-2)9-10-19(17)25-3/h4-12H,13-14H2,1-3H3,(H,21,22)/b11-8+. The Hall–Kier alpha value is -2.79. The fourth-order valence-corrected chi connectivity index (χ4v) is 2.30. The number of nitrogens with one attached hydrogen (secondary N) is 1. The van der Waals surface area contributed by atoms with Crippen LogP contribution in [-0.4, -0.2) is 27.2 Å². The maximum Gasteiger partial charge on any atom is 0.244 e. The van der Waals surface area contributed by atoms with Crippen molar-refractivity contribution >= 4 is 12.0 Å². The quantitative estimate of drug-likeness (QED) is 0.749. The Morgan fingerprint density at radius 3 is 2.36 bits per heavy atom. The molecule has 132 valence electrons. The van der Waals surface area contributed by atoms with Gasteiger partial charge < -0.3 is 19.5 Å². The summed E-state index contributed by atoms with van der Waals surface area (Å²) < 4.78 is 15.6. The summed E-state index contributed by atoms with van der Waals surface area (Å²) in [7, 11) is 4.85. The van der Waals surface area contributed by atoms with Crippen LogP contribution < -0.4 is 14.8 Å². The van der Waals surface area contributed by atoms with E-state index in [2.05, 4.69) is 5.32 Å². The van der Waals surface area contributed by atoms with Crippen molar-refractivity contribution < 1.29 is 19.0 Å². The Labute approximate surface area is 148 Å². The van der Waals surface area contributed by atoms with Crippen molar-refractivity contribution in [3.63, 3.8) is 0 Å². The topological polar surface area (TPSA) is 56.8 Å². The molecule has 0 aliphatic heterocycles. The average molecular weight is 341 g/mol. The molecular formula is C20H23NO4. The summed E-state index contributed by atoms with van der Waals surface area (Å²) in [5, 5.41) is 2.86. The Morgan fingerprint density at radius 1 is 1.00 bits per heavy atom. The van der Waals surface area contributed by atoms with Gasteiger partial charge in [-0.05, 0) is 35.4 Å². The summed E-state index contributed by atoms with van der Waals surface area (Å²) >= 11 is 0. The molecule has 5 heteroatoms. The van der Waals surface area contributed by atoms with E-state index in [4.69, 9.17) is 14.2 Å². The summed E-state index contributed by atoms with van der Waals surface area (Å²) in [5.74, 6) is 1.21. The van der Waals surface area contributed by atoms with Crippen LogP contribution in [0.25, 0.3) is 6.08 Å². The molecule has 0 heterocycles. The summed E-state index contributed by atoms with van der Waals surface area (Å²) in [6, 6.07) is 13.4. The molecule has 0 saturated heterocycles. The SMILES string of the molecule is COCc1ccc(CNC(=O)/C=C/c2cc(OC)ccc2OC)cc1. The minimum Gasteiger partial charge on any atom is -0.497 e. The van der Waals surface area contributed by atoms with E-state index in [9.17, 15) is 4.79 Å². The zero-order valence-electron chi connectivity index (χ0n) is 14.7. The van der Waals surface area contributed by atoms with Gasteiger partial charge in [0.2, 0.25) is 5.91 Å². The molecule has 0 aliphatic carbocycles. The van der Waals surface area contributed by atoms with Gasteiger partial charge in [0.15, 0.2) is 0 Å². The maximum absolute atomic E-state index is 12.0. The summed E-state index contributed by atoms with van der Waals surface area (Å²) in [6.45, 7) is 1.05. The van der Waals surface area contributed by atoms with Gasteiger partial charge in [0.25, 0.3) is 0 Å². The van der Waals surface area contributed by atoms with Crippen molar-refractivity contribution in [1.82, 2.24) is 5.32 Å². The lowest BCUT2D eigenvalue weighted by atomic mass is 10.1. The van der Waals surface area contributed by atoms with E-state index in [1.165, 1.54) is 6.08 Å². The molecule has 25 heavy (non-hydrogen) atoms. The van der Waals surface area contributed by atoms with Crippen LogP contribution in [0, 0.1) is 0 Å². The van der Waals surface area contributed by atoms with Crippen molar-refractivity contribution in [3.8, 4) is 11.5 Å². The van der Waals surface area contributed by atoms with Gasteiger partial charge in [-0.25, -0.2) is 0 Å². The number of carbonyl (C=O) groups is 1. The van der Waals surface area contributed by atoms with E-state index in [-0.39, 0.29) is 5.91 Å². The van der Waals surface area contributed by atoms with Crippen LogP contribution in [-0.2, 0) is 22.7 Å². The first-order valence-electron chi connectivity index (χ1n) is 7.91. The Balaban J connectivity index is 1.94. The molecule has 1 N–H and O–H groups in total. The van der Waals surface area contributed by atoms with Crippen molar-refractivity contribution in [1.29, 1.82) is 0 Å². The molecule has 0 aliphatic rings. The van der Waals surface area contributed by atoms with E-state index >= 15 is 0 Å². The van der Waals surface area contributed by atoms with Crippen molar-refractivity contribution in [2.45, 2.75) is 13.2 Å². The van der Waals surface area contributed by atoms with Crippen LogP contribution in [0.5, 0.6) is 11.5 Å². The number of hydrogen-bond acceptors (Lipinski definition) is 4. The molecule has 0 saturated carbocycles.